The van der Waals surface area contributed by atoms with Crippen LogP contribution in [-0.4, -0.2) is 5.78 Å². The lowest BCUT2D eigenvalue weighted by Crippen LogP contribution is -2.15. The molecular weight excluding hydrogens is 532 g/mol. The predicted molar refractivity (Wildman–Crippen MR) is 108 cm³/mol. The van der Waals surface area contributed by atoms with Crippen LogP contribution in [0.4, 0.5) is 52.7 Å². The SMILES string of the molecule is O=C1/C(=C/c2ccc(C(F)(F)F)cc2C(F)(F)F)CCC/C1=C\c1ccc(C(F)(F)F)cc1C(F)(F)F. The van der Waals surface area contributed by atoms with Gasteiger partial charge in [-0.05, 0) is 66.8 Å². The van der Waals surface area contributed by atoms with Crippen molar-refractivity contribution in [1.82, 2.24) is 0 Å². The fourth-order valence-electron chi connectivity index (χ4n) is 3.76. The zero-order valence-corrected chi connectivity index (χ0v) is 18.2. The number of hydrogen-bond acceptors (Lipinski definition) is 1. The number of hydrogen-bond donors (Lipinski definition) is 0. The molecule has 0 spiro atoms. The maximum absolute atomic E-state index is 13.4. The molecule has 1 fully saturated rings. The molecule has 0 bridgehead atoms. The van der Waals surface area contributed by atoms with E-state index in [2.05, 4.69) is 0 Å². The van der Waals surface area contributed by atoms with Gasteiger partial charge in [-0.15, -0.1) is 0 Å². The van der Waals surface area contributed by atoms with Crippen molar-refractivity contribution in [1.29, 1.82) is 0 Å². The molecule has 2 aromatic rings. The number of alkyl halides is 12. The summed E-state index contributed by atoms with van der Waals surface area (Å²) in [5, 5.41) is 0. The van der Waals surface area contributed by atoms with Crippen molar-refractivity contribution in [3.05, 3.63) is 80.9 Å². The van der Waals surface area contributed by atoms with Gasteiger partial charge in [0.15, 0.2) is 5.78 Å². The molecule has 0 radical (unpaired) electrons. The molecule has 13 heteroatoms. The Morgan fingerprint density at radius 1 is 0.541 bits per heavy atom. The van der Waals surface area contributed by atoms with Crippen molar-refractivity contribution < 1.29 is 57.5 Å². The second-order valence-electron chi connectivity index (χ2n) is 8.12. The topological polar surface area (TPSA) is 17.1 Å². The van der Waals surface area contributed by atoms with E-state index in [1.807, 2.05) is 0 Å². The summed E-state index contributed by atoms with van der Waals surface area (Å²) < 4.78 is 158. The van der Waals surface area contributed by atoms with E-state index in [-0.39, 0.29) is 42.5 Å². The number of ketones is 1. The number of halogens is 12. The quantitative estimate of drug-likeness (QED) is 0.272. The van der Waals surface area contributed by atoms with Crippen LogP contribution in [-0.2, 0) is 29.5 Å². The van der Waals surface area contributed by atoms with Crippen molar-refractivity contribution in [2.45, 2.75) is 44.0 Å². The maximum atomic E-state index is 13.4. The van der Waals surface area contributed by atoms with Crippen LogP contribution in [0, 0.1) is 0 Å². The second kappa shape index (κ2) is 9.56. The molecule has 37 heavy (non-hydrogen) atoms. The molecule has 0 aromatic heterocycles. The average molecular weight is 546 g/mol. The summed E-state index contributed by atoms with van der Waals surface area (Å²) in [4.78, 5) is 12.8. The molecule has 3 rings (SSSR count). The van der Waals surface area contributed by atoms with Gasteiger partial charge in [0.05, 0.1) is 22.3 Å². The highest BCUT2D eigenvalue weighted by molar-refractivity contribution is 6.14. The lowest BCUT2D eigenvalue weighted by Gasteiger charge is -2.19. The molecule has 1 aliphatic rings. The van der Waals surface area contributed by atoms with Crippen LogP contribution >= 0.6 is 0 Å². The van der Waals surface area contributed by atoms with Gasteiger partial charge < -0.3 is 0 Å². The number of carbonyl (C=O) groups is 1. The summed E-state index contributed by atoms with van der Waals surface area (Å²) in [6, 6.07) is 1.61. The van der Waals surface area contributed by atoms with E-state index in [0.717, 1.165) is 12.2 Å². The van der Waals surface area contributed by atoms with Gasteiger partial charge in [0.2, 0.25) is 0 Å². The number of allylic oxidation sites excluding steroid dienone is 2. The Kier molecular flexibility index (Phi) is 7.32. The van der Waals surface area contributed by atoms with Gasteiger partial charge in [-0.25, -0.2) is 0 Å². The minimum absolute atomic E-state index is 0.0907. The highest BCUT2D eigenvalue weighted by Crippen LogP contribution is 2.41. The zero-order chi connectivity index (χ0) is 28.0. The normalized spacial score (nSPS) is 18.1. The lowest BCUT2D eigenvalue weighted by atomic mass is 9.85. The third-order valence-electron chi connectivity index (χ3n) is 5.51. The third-order valence-corrected chi connectivity index (χ3v) is 5.51. The molecule has 0 heterocycles. The smallest absolute Gasteiger partial charge is 0.289 e. The minimum atomic E-state index is -5.22. The lowest BCUT2D eigenvalue weighted by molar-refractivity contribution is -0.144. The predicted octanol–water partition coefficient (Wildman–Crippen LogP) is 8.98. The van der Waals surface area contributed by atoms with Crippen LogP contribution in [0.2, 0.25) is 0 Å². The number of benzene rings is 2. The van der Waals surface area contributed by atoms with Crippen LogP contribution in [0.3, 0.4) is 0 Å². The van der Waals surface area contributed by atoms with E-state index in [0.29, 0.717) is 24.3 Å². The highest BCUT2D eigenvalue weighted by atomic mass is 19.4. The Morgan fingerprint density at radius 3 is 1.19 bits per heavy atom. The first-order valence-electron chi connectivity index (χ1n) is 10.3. The molecule has 0 N–H and O–H groups in total. The number of Topliss-reactive ketones (excluding diaryl/α,β-unsaturated/α-hetero) is 1. The zero-order valence-electron chi connectivity index (χ0n) is 18.2. The minimum Gasteiger partial charge on any atom is -0.289 e. The van der Waals surface area contributed by atoms with E-state index in [4.69, 9.17) is 0 Å². The van der Waals surface area contributed by atoms with Gasteiger partial charge >= 0.3 is 24.7 Å². The van der Waals surface area contributed by atoms with Gasteiger partial charge in [0.1, 0.15) is 0 Å². The fourth-order valence-corrected chi connectivity index (χ4v) is 3.76. The summed E-state index contributed by atoms with van der Waals surface area (Å²) in [6.45, 7) is 0. The summed E-state index contributed by atoms with van der Waals surface area (Å²) in [6.07, 6.45) is -19.3. The summed E-state index contributed by atoms with van der Waals surface area (Å²) in [5.74, 6) is -0.965. The Morgan fingerprint density at radius 2 is 0.892 bits per heavy atom. The molecule has 2 aromatic carbocycles. The van der Waals surface area contributed by atoms with Crippen molar-refractivity contribution in [3.8, 4) is 0 Å². The molecule has 0 saturated heterocycles. The fraction of sp³-hybridized carbons (Fsp3) is 0.292. The largest absolute Gasteiger partial charge is 0.417 e. The summed E-state index contributed by atoms with van der Waals surface area (Å²) >= 11 is 0. The maximum Gasteiger partial charge on any atom is 0.417 e. The van der Waals surface area contributed by atoms with E-state index < -0.39 is 63.9 Å². The Labute approximate surface area is 201 Å². The van der Waals surface area contributed by atoms with Crippen LogP contribution in [0.15, 0.2) is 47.5 Å². The Hall–Kier alpha value is -3.25. The molecule has 0 unspecified atom stereocenters. The Balaban J connectivity index is 2.07. The van der Waals surface area contributed by atoms with Crippen LogP contribution in [0.25, 0.3) is 12.2 Å². The average Bonchev–Trinajstić information content (AvgIpc) is 2.74. The molecule has 0 atom stereocenters. The van der Waals surface area contributed by atoms with Gasteiger partial charge in [0, 0.05) is 11.1 Å². The molecule has 1 saturated carbocycles. The summed E-state index contributed by atoms with van der Waals surface area (Å²) in [7, 11) is 0. The molecule has 1 nitrogen and oxygen atoms in total. The molecule has 1 aliphatic carbocycles. The van der Waals surface area contributed by atoms with E-state index in [9.17, 15) is 57.5 Å². The first-order chi connectivity index (χ1) is 16.8. The van der Waals surface area contributed by atoms with Crippen LogP contribution < -0.4 is 0 Å². The highest BCUT2D eigenvalue weighted by Gasteiger charge is 2.39. The molecule has 0 aliphatic heterocycles. The molecule has 200 valence electrons. The van der Waals surface area contributed by atoms with Gasteiger partial charge in [-0.3, -0.25) is 4.79 Å². The van der Waals surface area contributed by atoms with E-state index in [1.165, 1.54) is 0 Å². The second-order valence-corrected chi connectivity index (χ2v) is 8.12. The van der Waals surface area contributed by atoms with Crippen LogP contribution in [0.1, 0.15) is 52.6 Å². The van der Waals surface area contributed by atoms with E-state index >= 15 is 0 Å². The number of rotatable bonds is 2. The monoisotopic (exact) mass is 546 g/mol. The standard InChI is InChI=1S/C24H14F12O/c25-21(26,27)16-6-4-12(18(10-16)23(31,32)33)8-14-2-1-3-15(20(14)37)9-13-5-7-17(22(28,29)30)11-19(13)24(34,35)36/h4-11H,1-3H2/b14-8+,15-9+. The van der Waals surface area contributed by atoms with Crippen molar-refractivity contribution in [2.75, 3.05) is 0 Å². The van der Waals surface area contributed by atoms with Crippen molar-refractivity contribution in [3.63, 3.8) is 0 Å². The van der Waals surface area contributed by atoms with Gasteiger partial charge in [0.25, 0.3) is 0 Å². The summed E-state index contributed by atoms with van der Waals surface area (Å²) in [5.41, 5.74) is -8.58. The van der Waals surface area contributed by atoms with Gasteiger partial charge in [-0.1, -0.05) is 12.1 Å². The first kappa shape index (κ1) is 28.3. The third kappa shape index (κ3) is 6.55. The van der Waals surface area contributed by atoms with Crippen molar-refractivity contribution >= 4 is 17.9 Å². The number of carbonyl (C=O) groups excluding carboxylic acids is 1. The molecular formula is C24H14F12O. The van der Waals surface area contributed by atoms with Gasteiger partial charge in [-0.2, -0.15) is 52.7 Å². The van der Waals surface area contributed by atoms with Crippen LogP contribution in [0.5, 0.6) is 0 Å². The van der Waals surface area contributed by atoms with E-state index in [1.54, 1.807) is 0 Å². The first-order valence-corrected chi connectivity index (χ1v) is 10.3. The Bertz CT molecular complexity index is 1160. The van der Waals surface area contributed by atoms with Crippen molar-refractivity contribution in [2.24, 2.45) is 0 Å². The molecule has 0 amide bonds.